The van der Waals surface area contributed by atoms with Crippen LogP contribution < -0.4 is 0 Å². The van der Waals surface area contributed by atoms with Gasteiger partial charge in [0.25, 0.3) is 0 Å². The number of benzene rings is 3. The molecule has 4 heteroatoms. The molecule has 0 spiro atoms. The molecule has 2 aliphatic rings. The molecule has 3 aromatic carbocycles. The van der Waals surface area contributed by atoms with Gasteiger partial charge in [0.05, 0.1) is 0 Å². The third-order valence-corrected chi connectivity index (χ3v) is 8.19. The maximum Gasteiger partial charge on any atom is 0.223 e. The van der Waals surface area contributed by atoms with Crippen LogP contribution in [0.5, 0.6) is 0 Å². The van der Waals surface area contributed by atoms with Gasteiger partial charge in [-0.05, 0) is 55.6 Å². The molecule has 2 saturated heterocycles. The highest BCUT2D eigenvalue weighted by molar-refractivity contribution is 5.78. The topological polar surface area (TPSA) is 26.8 Å². The number of rotatable bonds is 7. The molecule has 1 atom stereocenters. The number of carbonyl (C=O) groups excluding carboxylic acids is 1. The summed E-state index contributed by atoms with van der Waals surface area (Å²) >= 11 is 0. The van der Waals surface area contributed by atoms with Crippen LogP contribution in [0.2, 0.25) is 0 Å². The number of hydrogen-bond acceptors (Lipinski definition) is 3. The summed E-state index contributed by atoms with van der Waals surface area (Å²) in [7, 11) is 2.23. The molecule has 0 aromatic heterocycles. The predicted octanol–water partition coefficient (Wildman–Crippen LogP) is 5.44. The maximum absolute atomic E-state index is 13.5. The van der Waals surface area contributed by atoms with Crippen molar-refractivity contribution in [2.45, 2.75) is 31.2 Å². The Morgan fingerprint density at radius 1 is 0.694 bits per heavy atom. The molecule has 2 fully saturated rings. The highest BCUT2D eigenvalue weighted by Gasteiger charge is 2.34. The van der Waals surface area contributed by atoms with E-state index >= 15 is 0 Å². The second-order valence-electron chi connectivity index (χ2n) is 10.5. The Hall–Kier alpha value is -2.95. The van der Waals surface area contributed by atoms with E-state index in [1.54, 1.807) is 0 Å². The van der Waals surface area contributed by atoms with Crippen LogP contribution in [0.15, 0.2) is 91.0 Å². The van der Waals surface area contributed by atoms with Gasteiger partial charge in [0.2, 0.25) is 5.91 Å². The molecule has 2 heterocycles. The lowest BCUT2D eigenvalue weighted by atomic mass is 9.84. The Morgan fingerprint density at radius 3 is 1.67 bits per heavy atom. The molecule has 1 amide bonds. The Morgan fingerprint density at radius 2 is 1.17 bits per heavy atom. The number of amides is 1. The molecule has 1 unspecified atom stereocenters. The van der Waals surface area contributed by atoms with Crippen LogP contribution in [0.1, 0.15) is 47.9 Å². The van der Waals surface area contributed by atoms with E-state index in [-0.39, 0.29) is 11.8 Å². The zero-order valence-corrected chi connectivity index (χ0v) is 21.5. The first-order chi connectivity index (χ1) is 17.7. The normalized spacial score (nSPS) is 18.9. The number of piperidine rings is 1. The van der Waals surface area contributed by atoms with Crippen molar-refractivity contribution in [2.24, 2.45) is 5.92 Å². The fourth-order valence-corrected chi connectivity index (χ4v) is 6.13. The lowest BCUT2D eigenvalue weighted by Gasteiger charge is -2.44. The van der Waals surface area contributed by atoms with Gasteiger partial charge in [-0.2, -0.15) is 0 Å². The average Bonchev–Trinajstić information content (AvgIpc) is 2.95. The lowest BCUT2D eigenvalue weighted by Crippen LogP contribution is -2.51. The van der Waals surface area contributed by atoms with Gasteiger partial charge in [0.15, 0.2) is 0 Å². The Bertz CT molecular complexity index is 1030. The van der Waals surface area contributed by atoms with Gasteiger partial charge in [-0.3, -0.25) is 9.69 Å². The highest BCUT2D eigenvalue weighted by Crippen LogP contribution is 2.36. The maximum atomic E-state index is 13.5. The SMILES string of the molecule is CN1CCC(C(c2ccccc2)N2CCN(C(=O)CC(c3ccccc3)c3ccccc3)CC2)CC1. The highest BCUT2D eigenvalue weighted by atomic mass is 16.2. The Labute approximate surface area is 216 Å². The fourth-order valence-electron chi connectivity index (χ4n) is 6.13. The van der Waals surface area contributed by atoms with Crippen LogP contribution in [-0.2, 0) is 4.79 Å². The van der Waals surface area contributed by atoms with Crippen LogP contribution in [0.3, 0.4) is 0 Å². The van der Waals surface area contributed by atoms with Crippen molar-refractivity contribution in [3.05, 3.63) is 108 Å². The third-order valence-electron chi connectivity index (χ3n) is 8.19. The van der Waals surface area contributed by atoms with E-state index in [2.05, 4.69) is 101 Å². The summed E-state index contributed by atoms with van der Waals surface area (Å²) in [5.41, 5.74) is 3.85. The standard InChI is InChI=1S/C32H39N3O/c1-33-19-17-29(18-20-33)32(28-15-9-4-10-16-28)35-23-21-34(22-24-35)31(36)25-30(26-11-5-2-6-12-26)27-13-7-3-8-14-27/h2-16,29-30,32H,17-25H2,1H3. The van der Waals surface area contributed by atoms with Crippen molar-refractivity contribution in [3.63, 3.8) is 0 Å². The zero-order valence-electron chi connectivity index (χ0n) is 21.5. The smallest absolute Gasteiger partial charge is 0.223 e. The van der Waals surface area contributed by atoms with E-state index in [1.165, 1.54) is 42.6 Å². The van der Waals surface area contributed by atoms with Crippen molar-refractivity contribution in [1.82, 2.24) is 14.7 Å². The number of carbonyl (C=O) groups is 1. The first-order valence-electron chi connectivity index (χ1n) is 13.5. The van der Waals surface area contributed by atoms with Crippen molar-refractivity contribution in [3.8, 4) is 0 Å². The molecule has 0 saturated carbocycles. The van der Waals surface area contributed by atoms with Gasteiger partial charge in [-0.15, -0.1) is 0 Å². The van der Waals surface area contributed by atoms with Crippen molar-refractivity contribution >= 4 is 5.91 Å². The minimum atomic E-state index is 0.0919. The van der Waals surface area contributed by atoms with Crippen molar-refractivity contribution in [1.29, 1.82) is 0 Å². The summed E-state index contributed by atoms with van der Waals surface area (Å²) < 4.78 is 0. The molecule has 0 N–H and O–H groups in total. The summed E-state index contributed by atoms with van der Waals surface area (Å²) in [4.78, 5) is 20.7. The third kappa shape index (κ3) is 5.88. The number of likely N-dealkylation sites (tertiary alicyclic amines) is 1. The second-order valence-corrected chi connectivity index (χ2v) is 10.5. The zero-order chi connectivity index (χ0) is 24.7. The van der Waals surface area contributed by atoms with Gasteiger partial charge in [0, 0.05) is 44.6 Å². The monoisotopic (exact) mass is 481 g/mol. The quantitative estimate of drug-likeness (QED) is 0.450. The first kappa shape index (κ1) is 24.7. The van der Waals surface area contributed by atoms with E-state index in [4.69, 9.17) is 0 Å². The van der Waals surface area contributed by atoms with Crippen LogP contribution in [0, 0.1) is 5.92 Å². The summed E-state index contributed by atoms with van der Waals surface area (Å²) in [5, 5.41) is 0. The van der Waals surface area contributed by atoms with Gasteiger partial charge in [-0.25, -0.2) is 0 Å². The Kier molecular flexibility index (Phi) is 8.15. The van der Waals surface area contributed by atoms with Gasteiger partial charge < -0.3 is 9.80 Å². The van der Waals surface area contributed by atoms with Crippen LogP contribution in [0.25, 0.3) is 0 Å². The predicted molar refractivity (Wildman–Crippen MR) is 147 cm³/mol. The molecule has 4 nitrogen and oxygen atoms in total. The Balaban J connectivity index is 1.26. The molecule has 5 rings (SSSR count). The number of piperazine rings is 1. The van der Waals surface area contributed by atoms with Gasteiger partial charge in [-0.1, -0.05) is 91.0 Å². The molecule has 188 valence electrons. The molecule has 0 radical (unpaired) electrons. The van der Waals surface area contributed by atoms with Crippen LogP contribution in [-0.4, -0.2) is 66.9 Å². The summed E-state index contributed by atoms with van der Waals surface area (Å²) in [6.45, 7) is 5.85. The molecular formula is C32H39N3O. The summed E-state index contributed by atoms with van der Waals surface area (Å²) in [6.07, 6.45) is 3.00. The number of nitrogens with zero attached hydrogens (tertiary/aromatic N) is 3. The molecule has 3 aromatic rings. The largest absolute Gasteiger partial charge is 0.340 e. The lowest BCUT2D eigenvalue weighted by molar-refractivity contribution is -0.133. The minimum Gasteiger partial charge on any atom is -0.340 e. The van der Waals surface area contributed by atoms with E-state index in [1.807, 2.05) is 12.1 Å². The molecular weight excluding hydrogens is 442 g/mol. The van der Waals surface area contributed by atoms with E-state index in [9.17, 15) is 4.79 Å². The first-order valence-corrected chi connectivity index (χ1v) is 13.5. The molecule has 36 heavy (non-hydrogen) atoms. The van der Waals surface area contributed by atoms with E-state index in [0.29, 0.717) is 18.4 Å². The van der Waals surface area contributed by atoms with E-state index < -0.39 is 0 Å². The molecule has 2 aliphatic heterocycles. The van der Waals surface area contributed by atoms with Crippen molar-refractivity contribution < 1.29 is 4.79 Å². The average molecular weight is 482 g/mol. The minimum absolute atomic E-state index is 0.0919. The summed E-state index contributed by atoms with van der Waals surface area (Å²) in [5.74, 6) is 1.03. The number of hydrogen-bond donors (Lipinski definition) is 0. The van der Waals surface area contributed by atoms with Crippen LogP contribution in [0.4, 0.5) is 0 Å². The molecule has 0 bridgehead atoms. The van der Waals surface area contributed by atoms with E-state index in [0.717, 1.165) is 26.2 Å². The summed E-state index contributed by atoms with van der Waals surface area (Å²) in [6, 6.07) is 32.4. The van der Waals surface area contributed by atoms with Gasteiger partial charge in [0.1, 0.15) is 0 Å². The second kappa shape index (κ2) is 11.9. The van der Waals surface area contributed by atoms with Crippen molar-refractivity contribution in [2.75, 3.05) is 46.3 Å². The fraction of sp³-hybridized carbons (Fsp3) is 0.406. The van der Waals surface area contributed by atoms with Gasteiger partial charge >= 0.3 is 0 Å². The van der Waals surface area contributed by atoms with Crippen LogP contribution >= 0.6 is 0 Å². The molecule has 0 aliphatic carbocycles.